The number of fused-ring (bicyclic) bond motifs is 12. The van der Waals surface area contributed by atoms with Crippen LogP contribution in [0.15, 0.2) is 291 Å². The second kappa shape index (κ2) is 18.0. The molecule has 2 aliphatic heterocycles. The van der Waals surface area contributed by atoms with E-state index in [0.29, 0.717) is 0 Å². The average molecular weight is 1180 g/mol. The van der Waals surface area contributed by atoms with Gasteiger partial charge in [0.2, 0.25) is 0 Å². The van der Waals surface area contributed by atoms with Gasteiger partial charge in [0.25, 0.3) is 0 Å². The Labute approximate surface area is 478 Å². The molecule has 0 saturated carbocycles. The van der Waals surface area contributed by atoms with Gasteiger partial charge in [-0.1, -0.05) is 0 Å². The van der Waals surface area contributed by atoms with Crippen molar-refractivity contribution in [1.82, 2.24) is 0 Å². The van der Waals surface area contributed by atoms with E-state index in [0.717, 1.165) is 0 Å². The fourth-order valence-electron chi connectivity index (χ4n) is 14.4. The summed E-state index contributed by atoms with van der Waals surface area (Å²) in [6.07, 6.45) is 0. The van der Waals surface area contributed by atoms with Crippen molar-refractivity contribution >= 4 is 181 Å². The molecule has 0 atom stereocenters. The fourth-order valence-corrected chi connectivity index (χ4v) is 29.3. The molecule has 2 aromatic heterocycles. The van der Waals surface area contributed by atoms with E-state index in [1.54, 1.807) is 0 Å². The Morgan fingerprint density at radius 1 is 0.212 bits per heavy atom. The van der Waals surface area contributed by atoms with Gasteiger partial charge in [-0.15, -0.1) is 0 Å². The Hall–Kier alpha value is -8.55. The van der Waals surface area contributed by atoms with Gasteiger partial charge < -0.3 is 0 Å². The van der Waals surface area contributed by atoms with Crippen LogP contribution >= 0.6 is 0 Å². The molecule has 0 fully saturated rings. The molecule has 0 N–H and O–H groups in total. The van der Waals surface area contributed by atoms with Crippen LogP contribution in [0.25, 0.3) is 60.1 Å². The molecule has 4 heterocycles. The number of anilines is 6. The third kappa shape index (κ3) is 6.40. The van der Waals surface area contributed by atoms with Gasteiger partial charge in [-0.25, -0.2) is 0 Å². The summed E-state index contributed by atoms with van der Waals surface area (Å²) < 4.78 is 5.80. The molecule has 2 nitrogen and oxygen atoms in total. The number of hydrogen-bond acceptors (Lipinski definition) is 2. The first-order valence-electron chi connectivity index (χ1n) is 27.6. The Kier molecular flexibility index (Phi) is 10.4. The van der Waals surface area contributed by atoms with Crippen LogP contribution in [0.3, 0.4) is 0 Å². The number of benzene rings is 13. The summed E-state index contributed by atoms with van der Waals surface area (Å²) in [5, 5.41) is 21.7. The number of para-hydroxylation sites is 2. The van der Waals surface area contributed by atoms with Crippen molar-refractivity contribution in [2.45, 2.75) is 0 Å². The minimum atomic E-state index is -3.01. The van der Waals surface area contributed by atoms with Crippen LogP contribution in [0.5, 0.6) is 0 Å². The van der Waals surface area contributed by atoms with Crippen LogP contribution < -0.4 is 51.3 Å². The minimum absolute atomic E-state index is 0.150. The molecule has 2 aliphatic rings. The molecule has 0 radical (unpaired) electrons. The molecule has 15 aromatic rings. The van der Waals surface area contributed by atoms with Crippen LogP contribution in [0.2, 0.25) is 0 Å². The molecule has 0 aliphatic carbocycles. The topological polar surface area (TPSA) is 6.48 Å². The Morgan fingerprint density at radius 3 is 0.850 bits per heavy atom. The summed E-state index contributed by atoms with van der Waals surface area (Å²) in [7, 11) is -6.01. The van der Waals surface area contributed by atoms with E-state index >= 15 is 0 Å². The van der Waals surface area contributed by atoms with E-state index in [2.05, 4.69) is 301 Å². The van der Waals surface area contributed by atoms with Crippen LogP contribution in [0, 0.1) is 0 Å². The molecule has 17 rings (SSSR count). The van der Waals surface area contributed by atoms with Gasteiger partial charge in [-0.3, -0.25) is 0 Å². The molecule has 13 aromatic carbocycles. The van der Waals surface area contributed by atoms with Crippen molar-refractivity contribution in [1.29, 1.82) is 0 Å². The first-order valence-corrected chi connectivity index (χ1v) is 35.0. The standard InChI is InChI=1S/C74H48N2Se2Si2/c1-5-25-49(26-6-1)79(50-27-7-2-8-28-50)69-43-23-19-39-61(69)75(63-47-67-59(45-71(63)79)53-33-17-21-41-65(53)77-67)73-55-35-13-15-37-57(55)74(58-38-16-14-36-56(58)73)76-62-40-20-24-44-70(62)80(51-29-9-3-10-30-51,52-31-11-4-12-32-52)72-46-60-54-34-18-22-42-66(54)78-68(60)48-64(72)76/h1-48H. The second-order valence-electron chi connectivity index (χ2n) is 21.4. The van der Waals surface area contributed by atoms with Crippen LogP contribution in [0.4, 0.5) is 34.1 Å². The zero-order valence-electron chi connectivity index (χ0n) is 43.4. The Bertz CT molecular complexity index is 4530. The van der Waals surface area contributed by atoms with Crippen LogP contribution in [0.1, 0.15) is 0 Å². The maximum absolute atomic E-state index is 3.01. The molecule has 0 spiro atoms. The predicted octanol–water partition coefficient (Wildman–Crippen LogP) is 13.0. The summed E-state index contributed by atoms with van der Waals surface area (Å²) in [6, 6.07) is 113. The van der Waals surface area contributed by atoms with E-state index in [4.69, 9.17) is 0 Å². The summed E-state index contributed by atoms with van der Waals surface area (Å²) in [5.74, 6) is 0. The average Bonchev–Trinajstić information content (AvgIpc) is 2.73. The van der Waals surface area contributed by atoms with Crippen molar-refractivity contribution in [2.24, 2.45) is 0 Å². The van der Waals surface area contributed by atoms with E-state index in [-0.39, 0.29) is 29.0 Å². The molecular weight excluding hydrogens is 1130 g/mol. The van der Waals surface area contributed by atoms with Gasteiger partial charge in [0.1, 0.15) is 0 Å². The van der Waals surface area contributed by atoms with Gasteiger partial charge in [-0.2, -0.15) is 0 Å². The van der Waals surface area contributed by atoms with Crippen molar-refractivity contribution in [2.75, 3.05) is 9.80 Å². The van der Waals surface area contributed by atoms with E-state index < -0.39 is 16.1 Å². The first kappa shape index (κ1) is 46.4. The van der Waals surface area contributed by atoms with Crippen LogP contribution in [-0.2, 0) is 0 Å². The van der Waals surface area contributed by atoms with Crippen LogP contribution in [-0.4, -0.2) is 45.2 Å². The van der Waals surface area contributed by atoms with Crippen molar-refractivity contribution < 1.29 is 0 Å². The maximum atomic E-state index is 2.71. The summed E-state index contributed by atoms with van der Waals surface area (Å²) in [5.41, 5.74) is 7.50. The third-order valence-electron chi connectivity index (χ3n) is 17.5. The molecule has 0 saturated heterocycles. The SMILES string of the molecule is c1ccc([Si]2(c3ccccc3)c3ccccc3N(c3c4ccccc4c(N4c5ccccc5[Si](c5ccccc5)(c5ccccc5)c5cc6c(cc54)[se]c4ccccc46)c4ccccc34)c3cc4[se]c5ccccc5c4cc32)cc1. The molecule has 0 unspecified atom stereocenters. The number of nitrogens with zero attached hydrogens (tertiary/aromatic N) is 2. The summed E-state index contributed by atoms with van der Waals surface area (Å²) in [4.78, 5) is 5.42. The predicted molar refractivity (Wildman–Crippen MR) is 349 cm³/mol. The molecular formula is C74H48N2Se2Si2. The molecule has 0 bridgehead atoms. The Morgan fingerprint density at radius 2 is 0.500 bits per heavy atom. The number of rotatable bonds is 6. The zero-order valence-corrected chi connectivity index (χ0v) is 48.8. The summed E-state index contributed by atoms with van der Waals surface area (Å²) >= 11 is 0.300. The number of hydrogen-bond donors (Lipinski definition) is 0. The van der Waals surface area contributed by atoms with Gasteiger partial charge in [0.05, 0.1) is 0 Å². The third-order valence-corrected chi connectivity index (χ3v) is 32.0. The van der Waals surface area contributed by atoms with Gasteiger partial charge in [0, 0.05) is 0 Å². The fraction of sp³-hybridized carbons (Fsp3) is 0. The molecule has 80 heavy (non-hydrogen) atoms. The van der Waals surface area contributed by atoms with E-state index in [1.807, 2.05) is 0 Å². The molecule has 374 valence electrons. The normalized spacial score (nSPS) is 14.2. The van der Waals surface area contributed by atoms with Gasteiger partial charge >= 0.3 is 482 Å². The first-order chi connectivity index (χ1) is 39.7. The molecule has 6 heteroatoms. The quantitative estimate of drug-likeness (QED) is 0.121. The Balaban J connectivity index is 1.01. The van der Waals surface area contributed by atoms with Crippen molar-refractivity contribution in [3.8, 4) is 0 Å². The van der Waals surface area contributed by atoms with Gasteiger partial charge in [0.15, 0.2) is 0 Å². The monoisotopic (exact) mass is 1180 g/mol. The van der Waals surface area contributed by atoms with E-state index in [1.165, 1.54) is 136 Å². The zero-order chi connectivity index (χ0) is 52.5. The molecule has 0 amide bonds. The summed E-state index contributed by atoms with van der Waals surface area (Å²) in [6.45, 7) is 0. The van der Waals surface area contributed by atoms with E-state index in [9.17, 15) is 0 Å². The van der Waals surface area contributed by atoms with Crippen molar-refractivity contribution in [3.63, 3.8) is 0 Å². The van der Waals surface area contributed by atoms with Crippen molar-refractivity contribution in [3.05, 3.63) is 291 Å². The second-order valence-corrected chi connectivity index (χ2v) is 33.4. The van der Waals surface area contributed by atoms with Gasteiger partial charge in [-0.05, 0) is 0 Å².